The van der Waals surface area contributed by atoms with Gasteiger partial charge in [-0.25, -0.2) is 19.0 Å². The quantitative estimate of drug-likeness (QED) is 0.508. The number of nitrogens with zero attached hydrogens (tertiary/aromatic N) is 1. The third-order valence-electron chi connectivity index (χ3n) is 5.10. The number of H-pyrrole nitrogens is 1. The highest BCUT2D eigenvalue weighted by Crippen LogP contribution is 2.31. The van der Waals surface area contributed by atoms with Gasteiger partial charge >= 0.3 is 11.4 Å². The molecule has 1 heterocycles. The number of hydrogen-bond donors (Lipinski definition) is 1. The van der Waals surface area contributed by atoms with E-state index in [1.165, 1.54) is 0 Å². The van der Waals surface area contributed by atoms with Crippen molar-refractivity contribution in [3.63, 3.8) is 0 Å². The Morgan fingerprint density at radius 2 is 1.65 bits per heavy atom. The molecule has 0 unspecified atom stereocenters. The minimum atomic E-state index is -0.796. The lowest BCUT2D eigenvalue weighted by atomic mass is 9.94. The van der Waals surface area contributed by atoms with E-state index < -0.39 is 11.4 Å². The first-order valence-electron chi connectivity index (χ1n) is 9.78. The smallest absolute Gasteiger partial charge is 0.440 e. The van der Waals surface area contributed by atoms with Gasteiger partial charge in [0.1, 0.15) is 18.2 Å². The van der Waals surface area contributed by atoms with E-state index in [2.05, 4.69) is 0 Å². The molecule has 0 saturated carbocycles. The van der Waals surface area contributed by atoms with Gasteiger partial charge in [0.2, 0.25) is 0 Å². The molecule has 0 aliphatic rings. The normalized spacial score (nSPS) is 10.9. The third kappa shape index (κ3) is 4.35. The standard InChI is InChI=1S/C24H21FN2O4/c1-15-5-3-6-16(2)21(15)20-8-4-7-18(22(20)25)14-30-19-11-9-17(10-12-19)13-27-23(28)26-24(29)31-27/h3-12H,13-14H2,1-2H3,(H,26,28,29). The fourth-order valence-electron chi connectivity index (χ4n) is 3.56. The second-order valence-electron chi connectivity index (χ2n) is 7.32. The van der Waals surface area contributed by atoms with Gasteiger partial charge in [0.15, 0.2) is 0 Å². The molecule has 0 amide bonds. The second-order valence-corrected chi connectivity index (χ2v) is 7.32. The molecule has 1 N–H and O–H groups in total. The summed E-state index contributed by atoms with van der Waals surface area (Å²) in [6, 6.07) is 18.2. The van der Waals surface area contributed by atoms with Crippen LogP contribution in [0.4, 0.5) is 4.39 Å². The molecule has 31 heavy (non-hydrogen) atoms. The number of hydrogen-bond acceptors (Lipinski definition) is 4. The highest BCUT2D eigenvalue weighted by molar-refractivity contribution is 5.71. The summed E-state index contributed by atoms with van der Waals surface area (Å²) >= 11 is 0. The molecule has 0 aliphatic carbocycles. The molecule has 0 spiro atoms. The van der Waals surface area contributed by atoms with Gasteiger partial charge in [-0.05, 0) is 48.2 Å². The second kappa shape index (κ2) is 8.47. The molecule has 158 valence electrons. The number of nitrogens with one attached hydrogen (secondary N) is 1. The van der Waals surface area contributed by atoms with Gasteiger partial charge in [-0.2, -0.15) is 0 Å². The minimum Gasteiger partial charge on any atom is -0.489 e. The van der Waals surface area contributed by atoms with Crippen LogP contribution in [0, 0.1) is 19.7 Å². The Bertz CT molecular complexity index is 1310. The summed E-state index contributed by atoms with van der Waals surface area (Å²) in [6.45, 7) is 4.14. The van der Waals surface area contributed by atoms with E-state index in [9.17, 15) is 9.59 Å². The van der Waals surface area contributed by atoms with Crippen LogP contribution < -0.4 is 16.2 Å². The molecular formula is C24H21FN2O4. The Balaban J connectivity index is 1.49. The van der Waals surface area contributed by atoms with Crippen molar-refractivity contribution in [1.29, 1.82) is 0 Å². The van der Waals surface area contributed by atoms with Crippen LogP contribution in [0.5, 0.6) is 5.75 Å². The minimum absolute atomic E-state index is 0.0795. The van der Waals surface area contributed by atoms with Gasteiger partial charge in [-0.1, -0.05) is 48.5 Å². The predicted molar refractivity (Wildman–Crippen MR) is 115 cm³/mol. The number of aryl methyl sites for hydroxylation is 2. The van der Waals surface area contributed by atoms with Crippen LogP contribution in [-0.4, -0.2) is 9.72 Å². The molecule has 0 fully saturated rings. The van der Waals surface area contributed by atoms with Crippen molar-refractivity contribution in [2.45, 2.75) is 27.0 Å². The summed E-state index contributed by atoms with van der Waals surface area (Å²) in [6.07, 6.45) is 0. The van der Waals surface area contributed by atoms with Crippen molar-refractivity contribution < 1.29 is 13.7 Å². The van der Waals surface area contributed by atoms with Gasteiger partial charge in [0.25, 0.3) is 0 Å². The summed E-state index contributed by atoms with van der Waals surface area (Å²) in [5.74, 6) is -0.531. The number of ether oxygens (including phenoxy) is 1. The summed E-state index contributed by atoms with van der Waals surface area (Å²) in [5, 5.41) is 0. The lowest BCUT2D eigenvalue weighted by Crippen LogP contribution is -2.17. The molecule has 0 aliphatic heterocycles. The van der Waals surface area contributed by atoms with Crippen LogP contribution in [0.3, 0.4) is 0 Å². The van der Waals surface area contributed by atoms with Crippen molar-refractivity contribution in [1.82, 2.24) is 9.72 Å². The lowest BCUT2D eigenvalue weighted by Gasteiger charge is -2.14. The van der Waals surface area contributed by atoms with E-state index >= 15 is 4.39 Å². The average Bonchev–Trinajstić information content (AvgIpc) is 3.06. The zero-order chi connectivity index (χ0) is 22.0. The van der Waals surface area contributed by atoms with E-state index in [4.69, 9.17) is 9.26 Å². The largest absolute Gasteiger partial charge is 0.489 e. The maximum Gasteiger partial charge on any atom is 0.440 e. The fourth-order valence-corrected chi connectivity index (χ4v) is 3.56. The molecule has 4 rings (SSSR count). The summed E-state index contributed by atoms with van der Waals surface area (Å²) in [4.78, 5) is 24.6. The van der Waals surface area contributed by atoms with Crippen molar-refractivity contribution in [2.75, 3.05) is 0 Å². The van der Waals surface area contributed by atoms with Crippen molar-refractivity contribution >= 4 is 0 Å². The zero-order valence-corrected chi connectivity index (χ0v) is 17.1. The molecule has 0 saturated heterocycles. The average molecular weight is 420 g/mol. The van der Waals surface area contributed by atoms with E-state index in [1.54, 1.807) is 36.4 Å². The first kappa shape index (κ1) is 20.4. The van der Waals surface area contributed by atoms with E-state index in [0.29, 0.717) is 16.9 Å². The number of halogens is 1. The van der Waals surface area contributed by atoms with Crippen LogP contribution in [-0.2, 0) is 13.2 Å². The van der Waals surface area contributed by atoms with Gasteiger partial charge < -0.3 is 9.26 Å². The molecule has 0 atom stereocenters. The first-order chi connectivity index (χ1) is 14.9. The van der Waals surface area contributed by atoms with Gasteiger partial charge in [-0.3, -0.25) is 0 Å². The highest BCUT2D eigenvalue weighted by Gasteiger charge is 2.14. The Kier molecular flexibility index (Phi) is 5.58. The maximum atomic E-state index is 15.2. The topological polar surface area (TPSA) is 77.2 Å². The first-order valence-corrected chi connectivity index (χ1v) is 9.78. The highest BCUT2D eigenvalue weighted by atomic mass is 19.1. The van der Waals surface area contributed by atoms with Gasteiger partial charge in [-0.15, -0.1) is 4.74 Å². The molecule has 6 nitrogen and oxygen atoms in total. The van der Waals surface area contributed by atoms with Crippen LogP contribution >= 0.6 is 0 Å². The summed E-state index contributed by atoms with van der Waals surface area (Å²) < 4.78 is 26.7. The number of benzene rings is 3. The zero-order valence-electron chi connectivity index (χ0n) is 17.1. The Morgan fingerprint density at radius 3 is 2.29 bits per heavy atom. The van der Waals surface area contributed by atoms with Crippen LogP contribution in [0.2, 0.25) is 0 Å². The number of rotatable bonds is 6. The molecule has 7 heteroatoms. The molecular weight excluding hydrogens is 399 g/mol. The lowest BCUT2D eigenvalue weighted by molar-refractivity contribution is 0.258. The molecule has 0 bridgehead atoms. The third-order valence-corrected chi connectivity index (χ3v) is 5.10. The van der Waals surface area contributed by atoms with Gasteiger partial charge in [0.05, 0.1) is 6.54 Å². The summed E-state index contributed by atoms with van der Waals surface area (Å²) in [5.41, 5.74) is 4.10. The number of aromatic amines is 1. The molecule has 4 aromatic rings. The molecule has 3 aromatic carbocycles. The van der Waals surface area contributed by atoms with Crippen LogP contribution in [0.15, 0.2) is 74.8 Å². The van der Waals surface area contributed by atoms with Crippen LogP contribution in [0.1, 0.15) is 22.3 Å². The SMILES string of the molecule is Cc1cccc(C)c1-c1cccc(COc2ccc(Cn3oc(=O)[nH]c3=O)cc2)c1F. The molecule has 0 radical (unpaired) electrons. The Hall–Kier alpha value is -3.87. The Morgan fingerprint density at radius 1 is 0.968 bits per heavy atom. The fraction of sp³-hybridized carbons (Fsp3) is 0.167. The van der Waals surface area contributed by atoms with Crippen molar-refractivity contribution in [3.05, 3.63) is 110 Å². The maximum absolute atomic E-state index is 15.2. The Labute approximate surface area is 177 Å². The van der Waals surface area contributed by atoms with Crippen molar-refractivity contribution in [3.8, 4) is 16.9 Å². The van der Waals surface area contributed by atoms with Crippen LogP contribution in [0.25, 0.3) is 11.1 Å². The van der Waals surface area contributed by atoms with Crippen molar-refractivity contribution in [2.24, 2.45) is 0 Å². The van der Waals surface area contributed by atoms with Gasteiger partial charge in [0, 0.05) is 11.1 Å². The van der Waals surface area contributed by atoms with E-state index in [0.717, 1.165) is 27.0 Å². The number of aromatic nitrogens is 2. The monoisotopic (exact) mass is 420 g/mol. The predicted octanol–water partition coefficient (Wildman–Crippen LogP) is 4.18. The summed E-state index contributed by atoms with van der Waals surface area (Å²) in [7, 11) is 0. The van der Waals surface area contributed by atoms with E-state index in [-0.39, 0.29) is 19.0 Å². The van der Waals surface area contributed by atoms with E-state index in [1.807, 2.05) is 43.1 Å². The molecule has 1 aromatic heterocycles.